The monoisotopic (exact) mass is 333 g/mol. The van der Waals surface area contributed by atoms with Gasteiger partial charge in [0.15, 0.2) is 0 Å². The highest BCUT2D eigenvalue weighted by molar-refractivity contribution is 5.66. The molecule has 3 atom stereocenters. The molecule has 2 aromatic carbocycles. The summed E-state index contributed by atoms with van der Waals surface area (Å²) in [7, 11) is 0. The van der Waals surface area contributed by atoms with Crippen LogP contribution in [0.3, 0.4) is 0 Å². The Labute approximate surface area is 149 Å². The van der Waals surface area contributed by atoms with Crippen LogP contribution in [-0.2, 0) is 6.42 Å². The summed E-state index contributed by atoms with van der Waals surface area (Å²) in [6.45, 7) is 2.32. The van der Waals surface area contributed by atoms with Crippen molar-refractivity contribution in [2.45, 2.75) is 51.4 Å². The number of aryl methyl sites for hydroxylation is 1. The summed E-state index contributed by atoms with van der Waals surface area (Å²) in [5.74, 6) is 2.06. The van der Waals surface area contributed by atoms with Crippen LogP contribution in [0.25, 0.3) is 11.1 Å². The first-order chi connectivity index (χ1) is 12.2. The standard InChI is InChI=1S/C23H24FN/c1-2-15-3-9-21-18(11-15)5-6-19-12-16(8-10-22(19)21)17-4-7-20(14-25)23(24)13-17/h4,7-8,10,12-13,15,18,21H,2-3,5-6,9,11H2,1H3/t15-,18+,21+/m1/s1. The average Bonchev–Trinajstić information content (AvgIpc) is 2.66. The predicted molar refractivity (Wildman–Crippen MR) is 98.7 cm³/mol. The first-order valence-corrected chi connectivity index (χ1v) is 9.52. The normalized spacial score (nSPS) is 24.9. The van der Waals surface area contributed by atoms with Crippen LogP contribution in [-0.4, -0.2) is 0 Å². The van der Waals surface area contributed by atoms with Gasteiger partial charge in [-0.05, 0) is 84.2 Å². The molecule has 2 aromatic rings. The first-order valence-electron chi connectivity index (χ1n) is 9.52. The maximum atomic E-state index is 13.9. The van der Waals surface area contributed by atoms with Gasteiger partial charge >= 0.3 is 0 Å². The molecule has 0 aliphatic heterocycles. The van der Waals surface area contributed by atoms with E-state index in [2.05, 4.69) is 25.1 Å². The van der Waals surface area contributed by atoms with Gasteiger partial charge in [-0.2, -0.15) is 5.26 Å². The molecule has 25 heavy (non-hydrogen) atoms. The third-order valence-corrected chi connectivity index (χ3v) is 6.42. The van der Waals surface area contributed by atoms with Crippen LogP contribution in [0.1, 0.15) is 61.6 Å². The highest BCUT2D eigenvalue weighted by atomic mass is 19.1. The van der Waals surface area contributed by atoms with Gasteiger partial charge in [-0.3, -0.25) is 0 Å². The lowest BCUT2D eigenvalue weighted by Gasteiger charge is -2.40. The quantitative estimate of drug-likeness (QED) is 0.640. The molecule has 0 saturated heterocycles. The summed E-state index contributed by atoms with van der Waals surface area (Å²) >= 11 is 0. The lowest BCUT2D eigenvalue weighted by atomic mass is 9.65. The molecule has 0 heterocycles. The summed E-state index contributed by atoms with van der Waals surface area (Å²) in [6.07, 6.45) is 7.82. The topological polar surface area (TPSA) is 23.8 Å². The lowest BCUT2D eigenvalue weighted by Crippen LogP contribution is -2.27. The molecule has 2 heteroatoms. The van der Waals surface area contributed by atoms with Crippen molar-refractivity contribution >= 4 is 0 Å². The van der Waals surface area contributed by atoms with Gasteiger partial charge in [0, 0.05) is 0 Å². The van der Waals surface area contributed by atoms with Crippen LogP contribution in [0.4, 0.5) is 4.39 Å². The Hall–Kier alpha value is -2.14. The minimum atomic E-state index is -0.435. The van der Waals surface area contributed by atoms with E-state index in [0.29, 0.717) is 0 Å². The van der Waals surface area contributed by atoms with E-state index in [-0.39, 0.29) is 5.56 Å². The molecular formula is C23H24FN. The van der Waals surface area contributed by atoms with Gasteiger partial charge in [0.2, 0.25) is 0 Å². The molecule has 0 N–H and O–H groups in total. The molecule has 2 aliphatic carbocycles. The zero-order valence-electron chi connectivity index (χ0n) is 14.8. The van der Waals surface area contributed by atoms with E-state index in [1.165, 1.54) is 49.3 Å². The molecular weight excluding hydrogens is 309 g/mol. The van der Waals surface area contributed by atoms with E-state index in [4.69, 9.17) is 5.26 Å². The van der Waals surface area contributed by atoms with Crippen LogP contribution in [0.15, 0.2) is 36.4 Å². The SMILES string of the molecule is CC[C@@H]1CC[C@@H]2c3ccc(-c4ccc(C#N)c(F)c4)cc3CC[C@H]2C1. The minimum Gasteiger partial charge on any atom is -0.206 e. The second kappa shape index (κ2) is 6.64. The van der Waals surface area contributed by atoms with Crippen LogP contribution in [0.5, 0.6) is 0 Å². The Morgan fingerprint density at radius 3 is 2.64 bits per heavy atom. The van der Waals surface area contributed by atoms with E-state index in [1.54, 1.807) is 6.07 Å². The Bertz CT molecular complexity index is 832. The van der Waals surface area contributed by atoms with E-state index in [1.807, 2.05) is 12.1 Å². The van der Waals surface area contributed by atoms with Crippen molar-refractivity contribution in [2.24, 2.45) is 11.8 Å². The Balaban J connectivity index is 1.64. The van der Waals surface area contributed by atoms with Crippen LogP contribution in [0.2, 0.25) is 0 Å². The molecule has 1 nitrogen and oxygen atoms in total. The Morgan fingerprint density at radius 1 is 1.08 bits per heavy atom. The molecule has 0 aromatic heterocycles. The number of fused-ring (bicyclic) bond motifs is 3. The summed E-state index contributed by atoms with van der Waals surface area (Å²) < 4.78 is 13.9. The number of rotatable bonds is 2. The molecule has 4 rings (SSSR count). The van der Waals surface area contributed by atoms with Crippen LogP contribution >= 0.6 is 0 Å². The van der Waals surface area contributed by atoms with Crippen molar-refractivity contribution < 1.29 is 4.39 Å². The molecule has 2 aliphatic rings. The molecule has 0 spiro atoms. The van der Waals surface area contributed by atoms with Gasteiger partial charge in [0.05, 0.1) is 5.56 Å². The van der Waals surface area contributed by atoms with Crippen LogP contribution < -0.4 is 0 Å². The van der Waals surface area contributed by atoms with Crippen molar-refractivity contribution in [1.82, 2.24) is 0 Å². The number of nitriles is 1. The van der Waals surface area contributed by atoms with Gasteiger partial charge in [-0.15, -0.1) is 0 Å². The molecule has 1 saturated carbocycles. The van der Waals surface area contributed by atoms with E-state index < -0.39 is 5.82 Å². The fourth-order valence-electron chi connectivity index (χ4n) is 4.95. The number of benzene rings is 2. The minimum absolute atomic E-state index is 0.109. The number of halogens is 1. The highest BCUT2D eigenvalue weighted by Crippen LogP contribution is 2.48. The van der Waals surface area contributed by atoms with Crippen molar-refractivity contribution in [3.05, 3.63) is 58.9 Å². The third-order valence-electron chi connectivity index (χ3n) is 6.42. The van der Waals surface area contributed by atoms with Crippen LogP contribution in [0, 0.1) is 29.0 Å². The zero-order chi connectivity index (χ0) is 17.4. The van der Waals surface area contributed by atoms with Gasteiger partial charge in [-0.1, -0.05) is 37.6 Å². The van der Waals surface area contributed by atoms with Crippen molar-refractivity contribution in [1.29, 1.82) is 5.26 Å². The largest absolute Gasteiger partial charge is 0.206 e. The Morgan fingerprint density at radius 2 is 1.88 bits per heavy atom. The fourth-order valence-corrected chi connectivity index (χ4v) is 4.95. The zero-order valence-corrected chi connectivity index (χ0v) is 14.8. The predicted octanol–water partition coefficient (Wildman–Crippen LogP) is 6.22. The van der Waals surface area contributed by atoms with Gasteiger partial charge in [0.1, 0.15) is 11.9 Å². The van der Waals surface area contributed by atoms with Crippen molar-refractivity contribution in [3.63, 3.8) is 0 Å². The van der Waals surface area contributed by atoms with Gasteiger partial charge < -0.3 is 0 Å². The van der Waals surface area contributed by atoms with E-state index in [9.17, 15) is 4.39 Å². The lowest BCUT2D eigenvalue weighted by molar-refractivity contribution is 0.206. The van der Waals surface area contributed by atoms with Gasteiger partial charge in [0.25, 0.3) is 0 Å². The molecule has 128 valence electrons. The second-order valence-corrected chi connectivity index (χ2v) is 7.71. The maximum absolute atomic E-state index is 13.9. The maximum Gasteiger partial charge on any atom is 0.141 e. The summed E-state index contributed by atoms with van der Waals surface area (Å²) in [5, 5.41) is 8.89. The number of hydrogen-bond acceptors (Lipinski definition) is 1. The van der Waals surface area contributed by atoms with Crippen molar-refractivity contribution in [3.8, 4) is 17.2 Å². The van der Waals surface area contributed by atoms with Crippen molar-refractivity contribution in [2.75, 3.05) is 0 Å². The smallest absolute Gasteiger partial charge is 0.141 e. The fraction of sp³-hybridized carbons (Fsp3) is 0.435. The highest BCUT2D eigenvalue weighted by Gasteiger charge is 2.34. The summed E-state index contributed by atoms with van der Waals surface area (Å²) in [6, 6.07) is 13.5. The average molecular weight is 333 g/mol. The molecule has 0 amide bonds. The third kappa shape index (κ3) is 2.97. The van der Waals surface area contributed by atoms with E-state index in [0.717, 1.165) is 35.3 Å². The Kier molecular flexibility index (Phi) is 4.34. The summed E-state index contributed by atoms with van der Waals surface area (Å²) in [4.78, 5) is 0. The molecule has 0 radical (unpaired) electrons. The first kappa shape index (κ1) is 16.3. The molecule has 1 fully saturated rings. The van der Waals surface area contributed by atoms with Gasteiger partial charge in [-0.25, -0.2) is 4.39 Å². The number of nitrogens with zero attached hydrogens (tertiary/aromatic N) is 1. The molecule has 0 unspecified atom stereocenters. The van der Waals surface area contributed by atoms with E-state index >= 15 is 0 Å². The summed E-state index contributed by atoms with van der Waals surface area (Å²) in [5.41, 5.74) is 5.00. The molecule has 0 bridgehead atoms. The number of hydrogen-bond donors (Lipinski definition) is 0. The second-order valence-electron chi connectivity index (χ2n) is 7.71.